The zero-order valence-corrected chi connectivity index (χ0v) is 7.46. The first-order valence-electron chi connectivity index (χ1n) is 4.18. The molecule has 0 aliphatic rings. The minimum Gasteiger partial charge on any atom is -0.368 e. The van der Waals surface area contributed by atoms with Crippen LogP contribution in [0.5, 0.6) is 0 Å². The van der Waals surface area contributed by atoms with Crippen molar-refractivity contribution in [3.8, 4) is 0 Å². The summed E-state index contributed by atoms with van der Waals surface area (Å²) in [4.78, 5) is 15.9. The average Bonchev–Trinajstić information content (AvgIpc) is 2.19. The number of pyridine rings is 1. The second-order valence-electron chi connectivity index (χ2n) is 2.76. The van der Waals surface area contributed by atoms with Gasteiger partial charge in [0.05, 0.1) is 6.42 Å². The van der Waals surface area contributed by atoms with Gasteiger partial charge in [-0.2, -0.15) is 4.98 Å². The highest BCUT2D eigenvalue weighted by Gasteiger charge is 2.00. The van der Waals surface area contributed by atoms with E-state index in [4.69, 9.17) is 5.73 Å². The van der Waals surface area contributed by atoms with Crippen LogP contribution in [0.15, 0.2) is 30.7 Å². The zero-order valence-electron chi connectivity index (χ0n) is 7.46. The van der Waals surface area contributed by atoms with Gasteiger partial charge < -0.3 is 5.73 Å². The molecule has 14 heavy (non-hydrogen) atoms. The van der Waals surface area contributed by atoms with Crippen LogP contribution in [0.1, 0.15) is 11.5 Å². The maximum atomic E-state index is 5.43. The van der Waals surface area contributed by atoms with E-state index in [9.17, 15) is 0 Å². The molecule has 2 heterocycles. The van der Waals surface area contributed by atoms with Gasteiger partial charge in [0.2, 0.25) is 5.95 Å². The lowest BCUT2D eigenvalue weighted by Crippen LogP contribution is -2.02. The molecule has 5 heteroatoms. The summed E-state index contributed by atoms with van der Waals surface area (Å²) in [5, 5.41) is 0. The van der Waals surface area contributed by atoms with Crippen LogP contribution in [0, 0.1) is 0 Å². The fourth-order valence-corrected chi connectivity index (χ4v) is 1.09. The first-order valence-corrected chi connectivity index (χ1v) is 4.18. The first-order chi connectivity index (χ1) is 6.84. The Morgan fingerprint density at radius 3 is 2.79 bits per heavy atom. The van der Waals surface area contributed by atoms with Gasteiger partial charge in [-0.05, 0) is 12.1 Å². The van der Waals surface area contributed by atoms with Crippen molar-refractivity contribution in [3.05, 3.63) is 42.2 Å². The summed E-state index contributed by atoms with van der Waals surface area (Å²) < 4.78 is 0. The van der Waals surface area contributed by atoms with Gasteiger partial charge in [-0.3, -0.25) is 4.98 Å². The molecule has 2 aromatic rings. The van der Waals surface area contributed by atoms with Gasteiger partial charge in [0.25, 0.3) is 0 Å². The van der Waals surface area contributed by atoms with Crippen molar-refractivity contribution in [2.24, 2.45) is 0 Å². The maximum Gasteiger partial charge on any atom is 0.223 e. The molecular formula is C9H9N5. The number of anilines is 1. The van der Waals surface area contributed by atoms with E-state index >= 15 is 0 Å². The van der Waals surface area contributed by atoms with Gasteiger partial charge in [-0.25, -0.2) is 9.97 Å². The van der Waals surface area contributed by atoms with E-state index < -0.39 is 0 Å². The van der Waals surface area contributed by atoms with Crippen LogP contribution >= 0.6 is 0 Å². The van der Waals surface area contributed by atoms with E-state index in [1.807, 2.05) is 18.2 Å². The number of nitrogen functional groups attached to an aromatic ring is 1. The Kier molecular flexibility index (Phi) is 2.31. The minimum absolute atomic E-state index is 0.242. The molecule has 0 bridgehead atoms. The molecule has 0 unspecified atom stereocenters. The van der Waals surface area contributed by atoms with Crippen molar-refractivity contribution in [2.75, 3.05) is 5.73 Å². The smallest absolute Gasteiger partial charge is 0.223 e. The van der Waals surface area contributed by atoms with Gasteiger partial charge >= 0.3 is 0 Å². The molecule has 0 aromatic carbocycles. The van der Waals surface area contributed by atoms with Crippen LogP contribution in [0.2, 0.25) is 0 Å². The topological polar surface area (TPSA) is 77.6 Å². The molecule has 0 radical (unpaired) electrons. The number of nitrogens with two attached hydrogens (primary N) is 1. The van der Waals surface area contributed by atoms with E-state index in [2.05, 4.69) is 19.9 Å². The number of aromatic nitrogens is 4. The van der Waals surface area contributed by atoms with Gasteiger partial charge in [0, 0.05) is 11.9 Å². The standard InChI is InChI=1S/C9H9N5/c10-9-13-6-12-8(14-9)5-7-3-1-2-4-11-7/h1-4,6H,5H2,(H2,10,12,13,14). The predicted molar refractivity (Wildman–Crippen MR) is 51.3 cm³/mol. The van der Waals surface area contributed by atoms with Gasteiger partial charge in [-0.1, -0.05) is 6.07 Å². The third-order valence-corrected chi connectivity index (χ3v) is 1.71. The van der Waals surface area contributed by atoms with E-state index in [-0.39, 0.29) is 5.95 Å². The molecule has 70 valence electrons. The Labute approximate surface area is 81.1 Å². The summed E-state index contributed by atoms with van der Waals surface area (Å²) in [5.74, 6) is 0.877. The molecule has 0 atom stereocenters. The summed E-state index contributed by atoms with van der Waals surface area (Å²) in [5.41, 5.74) is 6.34. The van der Waals surface area contributed by atoms with Crippen molar-refractivity contribution < 1.29 is 0 Å². The van der Waals surface area contributed by atoms with Crippen LogP contribution in [0.3, 0.4) is 0 Å². The fourth-order valence-electron chi connectivity index (χ4n) is 1.09. The number of hydrogen-bond donors (Lipinski definition) is 1. The Bertz CT molecular complexity index is 415. The Hall–Kier alpha value is -2.04. The molecule has 0 amide bonds. The second-order valence-corrected chi connectivity index (χ2v) is 2.76. The molecule has 0 aliphatic carbocycles. The lowest BCUT2D eigenvalue weighted by atomic mass is 10.2. The molecule has 5 nitrogen and oxygen atoms in total. The third kappa shape index (κ3) is 2.01. The predicted octanol–water partition coefficient (Wildman–Crippen LogP) is 0.440. The van der Waals surface area contributed by atoms with E-state index in [0.29, 0.717) is 12.2 Å². The van der Waals surface area contributed by atoms with Crippen molar-refractivity contribution in [1.29, 1.82) is 0 Å². The third-order valence-electron chi connectivity index (χ3n) is 1.71. The maximum absolute atomic E-state index is 5.43. The summed E-state index contributed by atoms with van der Waals surface area (Å²) in [6, 6.07) is 5.71. The Morgan fingerprint density at radius 2 is 2.07 bits per heavy atom. The monoisotopic (exact) mass is 187 g/mol. The first kappa shape index (κ1) is 8.55. The van der Waals surface area contributed by atoms with Crippen molar-refractivity contribution in [2.45, 2.75) is 6.42 Å². The number of rotatable bonds is 2. The van der Waals surface area contributed by atoms with Crippen molar-refractivity contribution >= 4 is 5.95 Å². The zero-order chi connectivity index (χ0) is 9.80. The highest BCUT2D eigenvalue weighted by atomic mass is 15.1. The molecule has 2 rings (SSSR count). The largest absolute Gasteiger partial charge is 0.368 e. The minimum atomic E-state index is 0.242. The molecule has 0 spiro atoms. The quantitative estimate of drug-likeness (QED) is 0.738. The lowest BCUT2D eigenvalue weighted by Gasteiger charge is -1.98. The van der Waals surface area contributed by atoms with E-state index in [1.165, 1.54) is 6.33 Å². The Balaban J connectivity index is 2.19. The fraction of sp³-hybridized carbons (Fsp3) is 0.111. The van der Waals surface area contributed by atoms with E-state index in [0.717, 1.165) is 5.69 Å². The van der Waals surface area contributed by atoms with Crippen LogP contribution in [0.25, 0.3) is 0 Å². The van der Waals surface area contributed by atoms with Crippen molar-refractivity contribution in [3.63, 3.8) is 0 Å². The summed E-state index contributed by atoms with van der Waals surface area (Å²) in [6.07, 6.45) is 3.72. The molecule has 0 aliphatic heterocycles. The molecule has 2 N–H and O–H groups in total. The van der Waals surface area contributed by atoms with Crippen LogP contribution in [-0.4, -0.2) is 19.9 Å². The highest BCUT2D eigenvalue weighted by molar-refractivity contribution is 5.16. The van der Waals surface area contributed by atoms with Crippen LogP contribution < -0.4 is 5.73 Å². The summed E-state index contributed by atoms with van der Waals surface area (Å²) in [6.45, 7) is 0. The van der Waals surface area contributed by atoms with Gasteiger partial charge in [0.15, 0.2) is 0 Å². The van der Waals surface area contributed by atoms with Crippen LogP contribution in [0.4, 0.5) is 5.95 Å². The Morgan fingerprint density at radius 1 is 1.14 bits per heavy atom. The summed E-state index contributed by atoms with van der Waals surface area (Å²) in [7, 11) is 0. The average molecular weight is 187 g/mol. The normalized spacial score (nSPS) is 10.0. The second kappa shape index (κ2) is 3.78. The molecular weight excluding hydrogens is 178 g/mol. The number of nitrogens with zero attached hydrogens (tertiary/aromatic N) is 4. The lowest BCUT2D eigenvalue weighted by molar-refractivity contribution is 0.906. The van der Waals surface area contributed by atoms with Crippen LogP contribution in [-0.2, 0) is 6.42 Å². The molecule has 0 saturated carbocycles. The van der Waals surface area contributed by atoms with Gasteiger partial charge in [-0.15, -0.1) is 0 Å². The SMILES string of the molecule is Nc1ncnc(Cc2ccccn2)n1. The molecule has 2 aromatic heterocycles. The number of hydrogen-bond acceptors (Lipinski definition) is 5. The van der Waals surface area contributed by atoms with E-state index in [1.54, 1.807) is 6.20 Å². The summed E-state index contributed by atoms with van der Waals surface area (Å²) >= 11 is 0. The molecule has 0 fully saturated rings. The van der Waals surface area contributed by atoms with Crippen molar-refractivity contribution in [1.82, 2.24) is 19.9 Å². The molecule has 0 saturated heterocycles. The van der Waals surface area contributed by atoms with Gasteiger partial charge in [0.1, 0.15) is 12.2 Å². The highest BCUT2D eigenvalue weighted by Crippen LogP contribution is 2.01.